The predicted molar refractivity (Wildman–Crippen MR) is 178 cm³/mol. The summed E-state index contributed by atoms with van der Waals surface area (Å²) in [6.07, 6.45) is -4.23. The third kappa shape index (κ3) is 9.03. The van der Waals surface area contributed by atoms with E-state index in [1.165, 1.54) is 14.0 Å². The molecule has 13 atom stereocenters. The average Bonchev–Trinajstić information content (AvgIpc) is 3.03. The summed E-state index contributed by atoms with van der Waals surface area (Å²) < 4.78 is 37.0. The number of methoxy groups -OCH3 is 1. The predicted octanol–water partition coefficient (Wildman–Crippen LogP) is 3.09. The number of aliphatic hydroxyl groups excluding tert-OH is 1. The molecule has 3 aliphatic heterocycles. The molecule has 2 bridgehead atoms. The molecular weight excluding hydrogens is 624 g/mol. The number of ether oxygens (including phenoxy) is 6. The highest BCUT2D eigenvalue weighted by molar-refractivity contribution is 6.00. The van der Waals surface area contributed by atoms with Gasteiger partial charge in [0.15, 0.2) is 12.1 Å². The third-order valence-corrected chi connectivity index (χ3v) is 10.2. The van der Waals surface area contributed by atoms with Crippen molar-refractivity contribution in [3.63, 3.8) is 0 Å². The zero-order chi connectivity index (χ0) is 36.1. The number of hydrogen-bond acceptors (Lipinski definition) is 13. The number of hydrogen-bond donors (Lipinski definition) is 2. The van der Waals surface area contributed by atoms with Gasteiger partial charge in [-0.05, 0) is 66.6 Å². The fraction of sp³-hybridized carbons (Fsp3) is 0.857. The molecule has 0 radical (unpaired) electrons. The zero-order valence-electron chi connectivity index (χ0n) is 30.8. The first-order valence-electron chi connectivity index (χ1n) is 17.1. The second kappa shape index (κ2) is 16.8. The minimum absolute atomic E-state index is 0.0229. The number of cyclic esters (lactones) is 1. The lowest BCUT2D eigenvalue weighted by molar-refractivity contribution is -0.296. The first-order valence-corrected chi connectivity index (χ1v) is 17.1. The number of ketones is 1. The van der Waals surface area contributed by atoms with Crippen LogP contribution >= 0.6 is 0 Å². The van der Waals surface area contributed by atoms with E-state index in [0.717, 1.165) is 0 Å². The first-order chi connectivity index (χ1) is 22.4. The van der Waals surface area contributed by atoms with Gasteiger partial charge in [-0.25, -0.2) is 0 Å². The molecule has 0 saturated carbocycles. The van der Waals surface area contributed by atoms with Crippen molar-refractivity contribution < 1.29 is 53.1 Å². The van der Waals surface area contributed by atoms with Gasteiger partial charge >= 0.3 is 5.97 Å². The van der Waals surface area contributed by atoms with Crippen LogP contribution < -0.4 is 0 Å². The molecule has 0 aromatic carbocycles. The maximum atomic E-state index is 14.2. The smallest absolute Gasteiger partial charge is 0.316 e. The number of oxime groups is 1. The van der Waals surface area contributed by atoms with Crippen molar-refractivity contribution in [1.29, 1.82) is 0 Å². The van der Waals surface area contributed by atoms with Crippen LogP contribution in [-0.4, -0.2) is 128 Å². The summed E-state index contributed by atoms with van der Waals surface area (Å²) in [5.74, 6) is -4.26. The van der Waals surface area contributed by atoms with Gasteiger partial charge in [0, 0.05) is 30.9 Å². The number of rotatable bonds is 7. The van der Waals surface area contributed by atoms with Crippen LogP contribution in [0.15, 0.2) is 17.3 Å². The van der Waals surface area contributed by atoms with Gasteiger partial charge in [-0.1, -0.05) is 39.4 Å². The second-order valence-electron chi connectivity index (χ2n) is 14.6. The van der Waals surface area contributed by atoms with E-state index in [-0.39, 0.29) is 50.9 Å². The van der Waals surface area contributed by atoms with Crippen molar-refractivity contribution in [2.45, 2.75) is 129 Å². The summed E-state index contributed by atoms with van der Waals surface area (Å²) in [5, 5.41) is 28.1. The molecule has 0 aromatic heterocycles. The van der Waals surface area contributed by atoms with Crippen molar-refractivity contribution in [2.75, 3.05) is 41.2 Å². The van der Waals surface area contributed by atoms with E-state index in [1.807, 2.05) is 46.7 Å². The molecule has 0 aromatic rings. The Hall–Kier alpha value is -1.97. The van der Waals surface area contributed by atoms with Crippen LogP contribution in [-0.2, 0) is 42.8 Å². The highest BCUT2D eigenvalue weighted by Gasteiger charge is 2.53. The molecule has 3 rings (SSSR count). The van der Waals surface area contributed by atoms with E-state index in [9.17, 15) is 19.8 Å². The van der Waals surface area contributed by atoms with E-state index < -0.39 is 71.4 Å². The number of carbonyl (C=O) groups is 2. The van der Waals surface area contributed by atoms with E-state index in [2.05, 4.69) is 11.7 Å². The molecule has 2 N–H and O–H groups in total. The SMILES string of the molecule is C=C1CO[C@@H]2[C@@H](C)/C(=N/OCOC)[C@H](C)C[C@@](C)(OC1)[C@H](OC1O[C@H](C)C[C@H](N(C)C)[C@H]1O)[C@@H](C)C(=O)[C@@H](C)C(=O)O[C@H](CC)[C@@]2(C)O. The normalized spacial score (nSPS) is 43.3. The summed E-state index contributed by atoms with van der Waals surface area (Å²) in [6.45, 7) is 18.3. The number of Topliss-reactive ketones (excluding diaryl/α,β-unsaturated/α-hetero) is 1. The summed E-state index contributed by atoms with van der Waals surface area (Å²) in [5.41, 5.74) is -1.81. The Bertz CT molecular complexity index is 1150. The number of likely N-dealkylation sites (N-methyl/N-ethyl adjacent to an activating group) is 1. The van der Waals surface area contributed by atoms with Gasteiger partial charge in [-0.2, -0.15) is 0 Å². The van der Waals surface area contributed by atoms with Crippen molar-refractivity contribution in [2.24, 2.45) is 28.8 Å². The average molecular weight is 685 g/mol. The van der Waals surface area contributed by atoms with E-state index in [4.69, 9.17) is 33.3 Å². The van der Waals surface area contributed by atoms with Crippen LogP contribution in [0, 0.1) is 23.7 Å². The van der Waals surface area contributed by atoms with Gasteiger partial charge in [-0.3, -0.25) is 9.59 Å². The van der Waals surface area contributed by atoms with E-state index in [0.29, 0.717) is 17.7 Å². The quantitative estimate of drug-likeness (QED) is 0.101. The molecule has 0 spiro atoms. The maximum absolute atomic E-state index is 14.2. The molecule has 3 aliphatic rings. The molecule has 0 amide bonds. The molecule has 0 aliphatic carbocycles. The molecule has 3 heterocycles. The first kappa shape index (κ1) is 40.5. The van der Waals surface area contributed by atoms with E-state index in [1.54, 1.807) is 20.8 Å². The van der Waals surface area contributed by atoms with Gasteiger partial charge in [0.2, 0.25) is 6.79 Å². The molecular formula is C35H60N2O11. The number of fused-ring (bicyclic) bond motifs is 5. The van der Waals surface area contributed by atoms with Gasteiger partial charge in [0.25, 0.3) is 0 Å². The number of carbonyl (C=O) groups excluding carboxylic acids is 2. The lowest BCUT2D eigenvalue weighted by Gasteiger charge is -2.47. The standard InChI is InChI=1S/C35H60N2O11/c1-13-26-35(9,41)31-22(5)27(36-45-18-42-12)20(3)15-34(8,44-17-19(2)16-43-31)30(23(6)28(38)24(7)32(40)47-26)48-33-29(39)25(37(10)11)14-21(4)46-33/h20-26,29-31,33,39,41H,2,13-18H2,1,3-12H3/b36-27+/t20-,21-,22+,23+,24-,25+,26-,29-,30-,31-,33?,34-,35-/m1/s1. The number of esters is 1. The molecule has 1 unspecified atom stereocenters. The van der Waals surface area contributed by atoms with Crippen molar-refractivity contribution in [3.05, 3.63) is 12.2 Å². The van der Waals surface area contributed by atoms with Gasteiger partial charge in [-0.15, -0.1) is 0 Å². The zero-order valence-corrected chi connectivity index (χ0v) is 30.8. The highest BCUT2D eigenvalue weighted by atomic mass is 16.7. The fourth-order valence-electron chi connectivity index (χ4n) is 7.53. The highest BCUT2D eigenvalue weighted by Crippen LogP contribution is 2.40. The Morgan fingerprint density at radius 3 is 2.35 bits per heavy atom. The van der Waals surface area contributed by atoms with Crippen molar-refractivity contribution >= 4 is 17.5 Å². The van der Waals surface area contributed by atoms with Crippen molar-refractivity contribution in [3.8, 4) is 0 Å². The summed E-state index contributed by atoms with van der Waals surface area (Å²) in [7, 11) is 5.26. The molecule has 13 heteroatoms. The second-order valence-corrected chi connectivity index (χ2v) is 14.6. The summed E-state index contributed by atoms with van der Waals surface area (Å²) in [4.78, 5) is 35.3. The molecule has 13 nitrogen and oxygen atoms in total. The number of aliphatic hydroxyl groups is 2. The van der Waals surface area contributed by atoms with Gasteiger partial charge in [0.05, 0.1) is 42.8 Å². The van der Waals surface area contributed by atoms with Crippen LogP contribution in [0.25, 0.3) is 0 Å². The Kier molecular flexibility index (Phi) is 14.2. The Morgan fingerprint density at radius 1 is 1.08 bits per heavy atom. The lowest BCUT2D eigenvalue weighted by Crippen LogP contribution is -2.60. The number of nitrogens with zero attached hydrogens (tertiary/aromatic N) is 2. The topological polar surface area (TPSA) is 155 Å². The lowest BCUT2D eigenvalue weighted by atomic mass is 9.74. The van der Waals surface area contributed by atoms with E-state index >= 15 is 0 Å². The Morgan fingerprint density at radius 2 is 1.75 bits per heavy atom. The van der Waals surface area contributed by atoms with Crippen LogP contribution in [0.3, 0.4) is 0 Å². The minimum atomic E-state index is -1.71. The molecule has 3 fully saturated rings. The Labute approximate surface area is 286 Å². The summed E-state index contributed by atoms with van der Waals surface area (Å²) >= 11 is 0. The molecule has 3 saturated heterocycles. The molecule has 276 valence electrons. The van der Waals surface area contributed by atoms with Gasteiger partial charge in [0.1, 0.15) is 23.7 Å². The summed E-state index contributed by atoms with van der Waals surface area (Å²) in [6, 6.07) is -0.262. The van der Waals surface area contributed by atoms with Crippen LogP contribution in [0.1, 0.15) is 74.7 Å². The van der Waals surface area contributed by atoms with Crippen LogP contribution in [0.4, 0.5) is 0 Å². The Balaban J connectivity index is 2.27. The molecule has 48 heavy (non-hydrogen) atoms. The van der Waals surface area contributed by atoms with Crippen LogP contribution in [0.2, 0.25) is 0 Å². The minimum Gasteiger partial charge on any atom is -0.459 e. The van der Waals surface area contributed by atoms with Gasteiger partial charge < -0.3 is 48.4 Å². The largest absolute Gasteiger partial charge is 0.459 e. The van der Waals surface area contributed by atoms with Crippen molar-refractivity contribution in [1.82, 2.24) is 4.90 Å². The third-order valence-electron chi connectivity index (χ3n) is 10.2. The monoisotopic (exact) mass is 684 g/mol. The van der Waals surface area contributed by atoms with Crippen LogP contribution in [0.5, 0.6) is 0 Å². The fourth-order valence-corrected chi connectivity index (χ4v) is 7.53. The maximum Gasteiger partial charge on any atom is 0.316 e.